The summed E-state index contributed by atoms with van der Waals surface area (Å²) in [5, 5.41) is 1.28. The molecule has 0 spiro atoms. The molecule has 0 saturated heterocycles. The van der Waals surface area contributed by atoms with Crippen LogP contribution < -0.4 is 5.73 Å². The molecule has 0 aliphatic rings. The maximum absolute atomic E-state index is 5.96. The Morgan fingerprint density at radius 1 is 1.47 bits per heavy atom. The molecule has 1 aromatic heterocycles. The molecule has 1 atom stereocenters. The number of halogens is 1. The molecule has 0 fully saturated rings. The quantitative estimate of drug-likeness (QED) is 0.880. The summed E-state index contributed by atoms with van der Waals surface area (Å²) >= 11 is 3.46. The number of aromatic amines is 1. The molecule has 3 heteroatoms. The van der Waals surface area contributed by atoms with Crippen molar-refractivity contribution in [3.63, 3.8) is 0 Å². The van der Waals surface area contributed by atoms with E-state index in [1.165, 1.54) is 16.5 Å². The summed E-state index contributed by atoms with van der Waals surface area (Å²) in [6.07, 6.45) is 4.02. The first kappa shape index (κ1) is 10.7. The van der Waals surface area contributed by atoms with Crippen molar-refractivity contribution >= 4 is 26.8 Å². The Balaban J connectivity index is 2.36. The molecule has 2 aromatic rings. The minimum Gasteiger partial charge on any atom is -0.361 e. The molecule has 2 nitrogen and oxygen atoms in total. The summed E-state index contributed by atoms with van der Waals surface area (Å²) in [6, 6.07) is 6.55. The highest BCUT2D eigenvalue weighted by Crippen LogP contribution is 2.23. The highest BCUT2D eigenvalue weighted by atomic mass is 79.9. The lowest BCUT2D eigenvalue weighted by atomic mass is 10.0. The van der Waals surface area contributed by atoms with Crippen molar-refractivity contribution in [3.05, 3.63) is 34.4 Å². The minimum atomic E-state index is 0.257. The van der Waals surface area contributed by atoms with E-state index < -0.39 is 0 Å². The number of H-pyrrole nitrogens is 1. The predicted octanol–water partition coefficient (Wildman–Crippen LogP) is 3.21. The van der Waals surface area contributed by atoms with E-state index >= 15 is 0 Å². The second-order valence-corrected chi connectivity index (χ2v) is 4.79. The number of hydrogen-bond donors (Lipinski definition) is 2. The fourth-order valence-corrected chi connectivity index (χ4v) is 2.12. The molecule has 0 aliphatic heterocycles. The molecule has 2 rings (SSSR count). The third-order valence-electron chi connectivity index (χ3n) is 2.74. The fourth-order valence-electron chi connectivity index (χ4n) is 1.75. The van der Waals surface area contributed by atoms with Gasteiger partial charge in [-0.1, -0.05) is 28.9 Å². The maximum atomic E-state index is 5.96. The molecule has 80 valence electrons. The van der Waals surface area contributed by atoms with Gasteiger partial charge in [-0.3, -0.25) is 0 Å². The largest absolute Gasteiger partial charge is 0.361 e. The van der Waals surface area contributed by atoms with Crippen LogP contribution in [0.2, 0.25) is 0 Å². The topological polar surface area (TPSA) is 41.8 Å². The van der Waals surface area contributed by atoms with E-state index in [2.05, 4.69) is 52.2 Å². The van der Waals surface area contributed by atoms with E-state index in [-0.39, 0.29) is 6.04 Å². The average molecular weight is 267 g/mol. The molecule has 1 aromatic carbocycles. The van der Waals surface area contributed by atoms with Crippen LogP contribution in [-0.2, 0) is 6.42 Å². The molecule has 15 heavy (non-hydrogen) atoms. The van der Waals surface area contributed by atoms with Crippen molar-refractivity contribution in [2.75, 3.05) is 0 Å². The zero-order valence-corrected chi connectivity index (χ0v) is 10.3. The van der Waals surface area contributed by atoms with Gasteiger partial charge in [0.05, 0.1) is 0 Å². The molecule has 0 aliphatic carbocycles. The minimum absolute atomic E-state index is 0.257. The second kappa shape index (κ2) is 4.37. The Hall–Kier alpha value is -0.800. The van der Waals surface area contributed by atoms with Gasteiger partial charge in [0.2, 0.25) is 0 Å². The third-order valence-corrected chi connectivity index (χ3v) is 3.23. The first-order valence-corrected chi connectivity index (χ1v) is 6.01. The van der Waals surface area contributed by atoms with Crippen molar-refractivity contribution in [1.82, 2.24) is 4.98 Å². The van der Waals surface area contributed by atoms with E-state index in [4.69, 9.17) is 5.73 Å². The van der Waals surface area contributed by atoms with Crippen LogP contribution >= 0.6 is 15.9 Å². The van der Waals surface area contributed by atoms with Gasteiger partial charge >= 0.3 is 0 Å². The summed E-state index contributed by atoms with van der Waals surface area (Å²) in [7, 11) is 0. The van der Waals surface area contributed by atoms with Gasteiger partial charge in [-0.05, 0) is 30.5 Å². The van der Waals surface area contributed by atoms with Crippen LogP contribution in [0.3, 0.4) is 0 Å². The van der Waals surface area contributed by atoms with Crippen LogP contribution in [0.5, 0.6) is 0 Å². The Kier molecular flexibility index (Phi) is 3.12. The van der Waals surface area contributed by atoms with Crippen molar-refractivity contribution in [2.24, 2.45) is 5.73 Å². The zero-order chi connectivity index (χ0) is 10.8. The monoisotopic (exact) mass is 266 g/mol. The van der Waals surface area contributed by atoms with Crippen LogP contribution in [0.4, 0.5) is 0 Å². The number of aromatic nitrogens is 1. The van der Waals surface area contributed by atoms with E-state index in [1.807, 2.05) is 0 Å². The van der Waals surface area contributed by atoms with E-state index in [9.17, 15) is 0 Å². The average Bonchev–Trinajstić information content (AvgIpc) is 2.60. The molecule has 0 saturated carbocycles. The van der Waals surface area contributed by atoms with Crippen LogP contribution in [0.15, 0.2) is 28.9 Å². The van der Waals surface area contributed by atoms with Gasteiger partial charge in [-0.15, -0.1) is 0 Å². The number of hydrogen-bond acceptors (Lipinski definition) is 1. The van der Waals surface area contributed by atoms with E-state index in [0.717, 1.165) is 17.3 Å². The Bertz CT molecular complexity index is 462. The predicted molar refractivity (Wildman–Crippen MR) is 68.0 cm³/mol. The van der Waals surface area contributed by atoms with Gasteiger partial charge in [0, 0.05) is 27.6 Å². The maximum Gasteiger partial charge on any atom is 0.0468 e. The Morgan fingerprint density at radius 2 is 2.27 bits per heavy atom. The number of nitrogens with two attached hydrogens (primary N) is 1. The first-order chi connectivity index (χ1) is 7.20. The molecular weight excluding hydrogens is 252 g/mol. The second-order valence-electron chi connectivity index (χ2n) is 3.88. The third kappa shape index (κ3) is 2.24. The van der Waals surface area contributed by atoms with Crippen molar-refractivity contribution in [1.29, 1.82) is 0 Å². The summed E-state index contributed by atoms with van der Waals surface area (Å²) in [4.78, 5) is 3.27. The van der Waals surface area contributed by atoms with E-state index in [1.54, 1.807) is 0 Å². The lowest BCUT2D eigenvalue weighted by Gasteiger charge is -2.06. The lowest BCUT2D eigenvalue weighted by molar-refractivity contribution is 0.648. The Morgan fingerprint density at radius 3 is 3.00 bits per heavy atom. The van der Waals surface area contributed by atoms with Crippen molar-refractivity contribution < 1.29 is 0 Å². The van der Waals surface area contributed by atoms with Crippen molar-refractivity contribution in [2.45, 2.75) is 25.8 Å². The number of benzene rings is 1. The fraction of sp³-hybridized carbons (Fsp3) is 0.333. The highest BCUT2D eigenvalue weighted by Gasteiger charge is 2.07. The standard InChI is InChI=1S/C12H15BrN2/c1-2-10(14)5-8-7-15-12-6-9(13)3-4-11(8)12/h3-4,6-7,10,15H,2,5,14H2,1H3. The zero-order valence-electron chi connectivity index (χ0n) is 8.76. The molecule has 1 heterocycles. The molecule has 0 amide bonds. The number of nitrogens with one attached hydrogen (secondary N) is 1. The molecule has 1 unspecified atom stereocenters. The molecular formula is C12H15BrN2. The van der Waals surface area contributed by atoms with Gasteiger partial charge < -0.3 is 10.7 Å². The van der Waals surface area contributed by atoms with Gasteiger partial charge in [0.15, 0.2) is 0 Å². The van der Waals surface area contributed by atoms with E-state index in [0.29, 0.717) is 0 Å². The first-order valence-electron chi connectivity index (χ1n) is 5.21. The van der Waals surface area contributed by atoms with Crippen LogP contribution in [-0.4, -0.2) is 11.0 Å². The summed E-state index contributed by atoms with van der Waals surface area (Å²) in [5.41, 5.74) is 8.44. The SMILES string of the molecule is CCC(N)Cc1c[nH]c2cc(Br)ccc12. The van der Waals surface area contributed by atoms with Crippen molar-refractivity contribution in [3.8, 4) is 0 Å². The normalized spacial score (nSPS) is 13.3. The van der Waals surface area contributed by atoms with Gasteiger partial charge in [0.25, 0.3) is 0 Å². The highest BCUT2D eigenvalue weighted by molar-refractivity contribution is 9.10. The van der Waals surface area contributed by atoms with Gasteiger partial charge in [-0.2, -0.15) is 0 Å². The Labute approximate surface area is 98.0 Å². The molecule has 0 bridgehead atoms. The van der Waals surface area contributed by atoms with Gasteiger partial charge in [-0.25, -0.2) is 0 Å². The smallest absolute Gasteiger partial charge is 0.0468 e. The number of fused-ring (bicyclic) bond motifs is 1. The number of rotatable bonds is 3. The molecule has 3 N–H and O–H groups in total. The lowest BCUT2D eigenvalue weighted by Crippen LogP contribution is -2.21. The van der Waals surface area contributed by atoms with Crippen LogP contribution in [0, 0.1) is 0 Å². The van der Waals surface area contributed by atoms with Crippen LogP contribution in [0.25, 0.3) is 10.9 Å². The summed E-state index contributed by atoms with van der Waals surface area (Å²) in [5.74, 6) is 0. The summed E-state index contributed by atoms with van der Waals surface area (Å²) < 4.78 is 1.10. The van der Waals surface area contributed by atoms with Gasteiger partial charge in [0.1, 0.15) is 0 Å². The molecule has 0 radical (unpaired) electrons. The van der Waals surface area contributed by atoms with Crippen LogP contribution in [0.1, 0.15) is 18.9 Å². The summed E-state index contributed by atoms with van der Waals surface area (Å²) in [6.45, 7) is 2.12.